The number of nitrogens with zero attached hydrogens (tertiary/aromatic N) is 2. The summed E-state index contributed by atoms with van der Waals surface area (Å²) in [7, 11) is -1.12. The maximum atomic E-state index is 13.5. The van der Waals surface area contributed by atoms with E-state index in [4.69, 9.17) is 21.1 Å². The summed E-state index contributed by atoms with van der Waals surface area (Å²) in [6, 6.07) is 24.6. The van der Waals surface area contributed by atoms with Crippen molar-refractivity contribution in [3.05, 3.63) is 102 Å². The molecule has 1 aromatic heterocycles. The monoisotopic (exact) mass is 589 g/mol. The molecule has 0 saturated carbocycles. The van der Waals surface area contributed by atoms with Gasteiger partial charge < -0.3 is 20.1 Å². The highest BCUT2D eigenvalue weighted by Crippen LogP contribution is 2.31. The van der Waals surface area contributed by atoms with Crippen LogP contribution in [0.5, 0.6) is 11.5 Å². The lowest BCUT2D eigenvalue weighted by molar-refractivity contribution is 0.102. The van der Waals surface area contributed by atoms with E-state index in [1.807, 2.05) is 6.07 Å². The van der Waals surface area contributed by atoms with E-state index < -0.39 is 15.9 Å². The first kappa shape index (κ1) is 27.7. The number of benzene rings is 4. The van der Waals surface area contributed by atoms with Gasteiger partial charge in [-0.1, -0.05) is 41.9 Å². The number of rotatable bonds is 9. The van der Waals surface area contributed by atoms with E-state index in [0.717, 1.165) is 0 Å². The fourth-order valence-corrected chi connectivity index (χ4v) is 5.22. The van der Waals surface area contributed by atoms with Crippen molar-refractivity contribution in [2.24, 2.45) is 0 Å². The third-order valence-corrected chi connectivity index (χ3v) is 7.60. The molecule has 5 aromatic rings. The molecule has 0 aliphatic carbocycles. The highest BCUT2D eigenvalue weighted by Gasteiger charge is 2.21. The van der Waals surface area contributed by atoms with Crippen LogP contribution in [0.1, 0.15) is 10.4 Å². The largest absolute Gasteiger partial charge is 0.497 e. The van der Waals surface area contributed by atoms with Gasteiger partial charge in [0.25, 0.3) is 15.9 Å². The third-order valence-electron chi connectivity index (χ3n) is 5.94. The van der Waals surface area contributed by atoms with Gasteiger partial charge in [-0.2, -0.15) is 0 Å². The smallest absolute Gasteiger partial charge is 0.263 e. The summed E-state index contributed by atoms with van der Waals surface area (Å²) in [6.07, 6.45) is 0. The Balaban J connectivity index is 1.48. The zero-order valence-electron chi connectivity index (χ0n) is 21.9. The number of para-hydroxylation sites is 2. The van der Waals surface area contributed by atoms with Gasteiger partial charge in [0.05, 0.1) is 40.7 Å². The normalized spacial score (nSPS) is 11.1. The van der Waals surface area contributed by atoms with E-state index >= 15 is 0 Å². The highest BCUT2D eigenvalue weighted by atomic mass is 35.5. The minimum atomic E-state index is -4.17. The van der Waals surface area contributed by atoms with Crippen LogP contribution in [0.15, 0.2) is 95.9 Å². The van der Waals surface area contributed by atoms with Gasteiger partial charge in [-0.3, -0.25) is 9.52 Å². The van der Waals surface area contributed by atoms with Crippen molar-refractivity contribution < 1.29 is 22.7 Å². The van der Waals surface area contributed by atoms with Crippen molar-refractivity contribution in [2.75, 3.05) is 29.6 Å². The van der Waals surface area contributed by atoms with Crippen LogP contribution < -0.4 is 24.8 Å². The Labute approximate surface area is 241 Å². The lowest BCUT2D eigenvalue weighted by Crippen LogP contribution is -2.17. The molecule has 0 aliphatic heterocycles. The summed E-state index contributed by atoms with van der Waals surface area (Å²) in [4.78, 5) is 21.7. The second-order valence-corrected chi connectivity index (χ2v) is 10.8. The van der Waals surface area contributed by atoms with Gasteiger partial charge >= 0.3 is 0 Å². The quantitative estimate of drug-likeness (QED) is 0.188. The molecule has 5 rings (SSSR count). The molecule has 0 unspecified atom stereocenters. The Morgan fingerprint density at radius 1 is 0.756 bits per heavy atom. The molecule has 0 fully saturated rings. The second-order valence-electron chi connectivity index (χ2n) is 8.70. The topological polar surface area (TPSA) is 132 Å². The summed E-state index contributed by atoms with van der Waals surface area (Å²) >= 11 is 6.13. The Morgan fingerprint density at radius 2 is 1.39 bits per heavy atom. The average Bonchev–Trinajstić information content (AvgIpc) is 2.97. The van der Waals surface area contributed by atoms with Crippen LogP contribution in [0, 0.1) is 0 Å². The number of aromatic nitrogens is 2. The summed E-state index contributed by atoms with van der Waals surface area (Å²) in [5.41, 5.74) is 2.11. The van der Waals surface area contributed by atoms with E-state index in [2.05, 4.69) is 25.3 Å². The molecule has 1 amide bonds. The van der Waals surface area contributed by atoms with Crippen LogP contribution in [0.3, 0.4) is 0 Å². The molecule has 0 spiro atoms. The molecule has 0 radical (unpaired) electrons. The molecule has 10 nitrogen and oxygen atoms in total. The van der Waals surface area contributed by atoms with Crippen molar-refractivity contribution in [3.63, 3.8) is 0 Å². The highest BCUT2D eigenvalue weighted by molar-refractivity contribution is 7.92. The Bertz CT molecular complexity index is 1840. The minimum Gasteiger partial charge on any atom is -0.497 e. The third kappa shape index (κ3) is 6.32. The van der Waals surface area contributed by atoms with Gasteiger partial charge in [0, 0.05) is 29.6 Å². The molecule has 4 aromatic carbocycles. The lowest BCUT2D eigenvalue weighted by Gasteiger charge is -2.15. The average molecular weight is 590 g/mol. The zero-order chi connectivity index (χ0) is 29.0. The number of ether oxygens (including phenoxy) is 2. The van der Waals surface area contributed by atoms with E-state index in [1.165, 1.54) is 32.4 Å². The fraction of sp³-hybridized carbons (Fsp3) is 0.0690. The number of hydrogen-bond donors (Lipinski definition) is 3. The van der Waals surface area contributed by atoms with Crippen molar-refractivity contribution in [1.82, 2.24) is 9.97 Å². The SMILES string of the molecule is COc1cc(Nc2nc3ccccc3nc2NS(=O)(=O)c2cccc(NC(=O)c3ccccc3Cl)c2)cc(OC)c1. The summed E-state index contributed by atoms with van der Waals surface area (Å²) in [5.74, 6) is 0.706. The van der Waals surface area contributed by atoms with Gasteiger partial charge in [-0.15, -0.1) is 0 Å². The molecule has 208 valence electrons. The molecule has 12 heteroatoms. The van der Waals surface area contributed by atoms with Gasteiger partial charge in [-0.05, 0) is 42.5 Å². The first-order valence-corrected chi connectivity index (χ1v) is 14.1. The summed E-state index contributed by atoms with van der Waals surface area (Å²) in [5, 5.41) is 6.08. The van der Waals surface area contributed by atoms with Crippen LogP contribution in [-0.4, -0.2) is 38.5 Å². The number of methoxy groups -OCH3 is 2. The van der Waals surface area contributed by atoms with Crippen molar-refractivity contribution >= 4 is 61.6 Å². The second kappa shape index (κ2) is 11.7. The maximum absolute atomic E-state index is 13.5. The first-order valence-electron chi connectivity index (χ1n) is 12.2. The molecule has 3 N–H and O–H groups in total. The Hall–Kier alpha value is -4.87. The van der Waals surface area contributed by atoms with E-state index in [1.54, 1.807) is 66.7 Å². The van der Waals surface area contributed by atoms with Crippen molar-refractivity contribution in [1.29, 1.82) is 0 Å². The predicted molar refractivity (Wildman–Crippen MR) is 159 cm³/mol. The van der Waals surface area contributed by atoms with E-state index in [-0.39, 0.29) is 32.8 Å². The summed E-state index contributed by atoms with van der Waals surface area (Å²) < 4.78 is 40.3. The van der Waals surface area contributed by atoms with Crippen molar-refractivity contribution in [2.45, 2.75) is 4.90 Å². The Morgan fingerprint density at radius 3 is 2.05 bits per heavy atom. The van der Waals surface area contributed by atoms with Crippen LogP contribution in [-0.2, 0) is 10.0 Å². The van der Waals surface area contributed by atoms with Crippen LogP contribution in [0.4, 0.5) is 23.0 Å². The van der Waals surface area contributed by atoms with Gasteiger partial charge in [-0.25, -0.2) is 18.4 Å². The fourth-order valence-electron chi connectivity index (χ4n) is 3.95. The molecule has 0 aliphatic rings. The van der Waals surface area contributed by atoms with Gasteiger partial charge in [0.15, 0.2) is 11.6 Å². The number of nitrogens with one attached hydrogen (secondary N) is 3. The Kier molecular flexibility index (Phi) is 7.90. The standard InChI is InChI=1S/C29H24ClN5O5S/c1-39-20-14-19(15-21(17-20)40-2)31-27-28(34-26-13-6-5-12-25(26)33-27)35-41(37,38)22-9-7-8-18(16-22)32-29(36)23-10-3-4-11-24(23)30/h3-17H,1-2H3,(H,31,33)(H,32,36)(H,34,35). The number of sulfonamides is 1. The molecule has 0 saturated heterocycles. The lowest BCUT2D eigenvalue weighted by atomic mass is 10.2. The van der Waals surface area contributed by atoms with Crippen LogP contribution in [0.2, 0.25) is 5.02 Å². The minimum absolute atomic E-state index is 0.0315. The van der Waals surface area contributed by atoms with E-state index in [0.29, 0.717) is 28.2 Å². The van der Waals surface area contributed by atoms with Crippen LogP contribution >= 0.6 is 11.6 Å². The predicted octanol–water partition coefficient (Wildman–Crippen LogP) is 6.10. The van der Waals surface area contributed by atoms with E-state index in [9.17, 15) is 13.2 Å². The number of halogens is 1. The number of hydrogen-bond acceptors (Lipinski definition) is 8. The zero-order valence-corrected chi connectivity index (χ0v) is 23.5. The molecule has 1 heterocycles. The molecular formula is C29H24ClN5O5S. The number of amides is 1. The van der Waals surface area contributed by atoms with Crippen molar-refractivity contribution in [3.8, 4) is 11.5 Å². The maximum Gasteiger partial charge on any atom is 0.263 e. The molecule has 0 atom stereocenters. The molecule has 41 heavy (non-hydrogen) atoms. The number of carbonyl (C=O) groups is 1. The van der Waals surface area contributed by atoms with Gasteiger partial charge in [0.1, 0.15) is 11.5 Å². The number of carbonyl (C=O) groups excluding carboxylic acids is 1. The summed E-state index contributed by atoms with van der Waals surface area (Å²) in [6.45, 7) is 0. The van der Waals surface area contributed by atoms with Crippen LogP contribution in [0.25, 0.3) is 11.0 Å². The first-order chi connectivity index (χ1) is 19.8. The molecular weight excluding hydrogens is 566 g/mol. The van der Waals surface area contributed by atoms with Gasteiger partial charge in [0.2, 0.25) is 0 Å². The molecule has 0 bridgehead atoms. The number of anilines is 4. The number of fused-ring (bicyclic) bond motifs is 1.